The normalized spacial score (nSPS) is 17.3. The van der Waals surface area contributed by atoms with E-state index in [1.54, 1.807) is 26.0 Å². The quantitative estimate of drug-likeness (QED) is 0.908. The van der Waals surface area contributed by atoms with Crippen LogP contribution in [0.4, 0.5) is 14.5 Å². The molecule has 0 aliphatic carbocycles. The summed E-state index contributed by atoms with van der Waals surface area (Å²) >= 11 is 0. The monoisotopic (exact) mass is 358 g/mol. The lowest BCUT2D eigenvalue weighted by atomic mass is 9.92. The first-order valence-electron chi connectivity index (χ1n) is 7.98. The number of carbonyl (C=O) groups is 2. The molecule has 5 nitrogen and oxygen atoms in total. The van der Waals surface area contributed by atoms with Crippen molar-refractivity contribution in [2.75, 3.05) is 4.90 Å². The Hall–Kier alpha value is -3.09. The number of amides is 1. The van der Waals surface area contributed by atoms with E-state index in [-0.39, 0.29) is 11.3 Å². The molecule has 134 valence electrons. The predicted octanol–water partition coefficient (Wildman–Crippen LogP) is 3.48. The first kappa shape index (κ1) is 17.7. The molecular formula is C19H16F2N2O3. The first-order chi connectivity index (χ1) is 12.3. The van der Waals surface area contributed by atoms with E-state index in [1.165, 1.54) is 12.4 Å². The topological polar surface area (TPSA) is 70.5 Å². The zero-order valence-electron chi connectivity index (χ0n) is 14.1. The molecule has 0 radical (unpaired) electrons. The van der Waals surface area contributed by atoms with Crippen LogP contribution in [0.25, 0.3) is 0 Å². The van der Waals surface area contributed by atoms with Crippen LogP contribution in [-0.4, -0.2) is 21.8 Å². The highest BCUT2D eigenvalue weighted by atomic mass is 19.1. The van der Waals surface area contributed by atoms with Gasteiger partial charge in [0.15, 0.2) is 11.5 Å². The van der Waals surface area contributed by atoms with E-state index < -0.39 is 41.0 Å². The number of aromatic nitrogens is 1. The van der Waals surface area contributed by atoms with Gasteiger partial charge in [0, 0.05) is 24.4 Å². The summed E-state index contributed by atoms with van der Waals surface area (Å²) in [4.78, 5) is 30.2. The first-order valence-corrected chi connectivity index (χ1v) is 7.98. The number of carbonyl (C=O) groups excluding carboxylic acids is 2. The lowest BCUT2D eigenvalue weighted by molar-refractivity contribution is -0.119. The van der Waals surface area contributed by atoms with E-state index >= 15 is 0 Å². The average Bonchev–Trinajstić information content (AvgIpc) is 2.87. The standard InChI is InChI=1S/C19H16F2N2O3/c1-10(2)17(24)15-16(11-4-3-7-22-9-11)23(19(26)18(15)25)14-6-5-12(20)8-13(14)21/h3-10,16,25H,1-2H3. The van der Waals surface area contributed by atoms with Crippen LogP contribution < -0.4 is 4.90 Å². The van der Waals surface area contributed by atoms with Gasteiger partial charge in [-0.15, -0.1) is 0 Å². The maximum absolute atomic E-state index is 14.3. The summed E-state index contributed by atoms with van der Waals surface area (Å²) in [5.41, 5.74) is 0.0720. The van der Waals surface area contributed by atoms with Crippen molar-refractivity contribution >= 4 is 17.4 Å². The van der Waals surface area contributed by atoms with Crippen LogP contribution in [0.1, 0.15) is 25.5 Å². The van der Waals surface area contributed by atoms with Gasteiger partial charge >= 0.3 is 0 Å². The third-order valence-corrected chi connectivity index (χ3v) is 4.17. The maximum Gasteiger partial charge on any atom is 0.294 e. The predicted molar refractivity (Wildman–Crippen MR) is 90.3 cm³/mol. The number of rotatable bonds is 4. The van der Waals surface area contributed by atoms with Gasteiger partial charge < -0.3 is 5.11 Å². The minimum atomic E-state index is -1.05. The number of hydrogen-bond acceptors (Lipinski definition) is 4. The van der Waals surface area contributed by atoms with E-state index in [2.05, 4.69) is 4.98 Å². The van der Waals surface area contributed by atoms with Crippen molar-refractivity contribution in [1.29, 1.82) is 0 Å². The smallest absolute Gasteiger partial charge is 0.294 e. The lowest BCUT2D eigenvalue weighted by Gasteiger charge is -2.27. The number of hydrogen-bond donors (Lipinski definition) is 1. The van der Waals surface area contributed by atoms with Crippen molar-refractivity contribution in [3.05, 3.63) is 71.3 Å². The molecule has 0 bridgehead atoms. The van der Waals surface area contributed by atoms with Crippen molar-refractivity contribution in [3.8, 4) is 0 Å². The summed E-state index contributed by atoms with van der Waals surface area (Å²) in [6.45, 7) is 3.27. The van der Waals surface area contributed by atoms with Gasteiger partial charge in [-0.2, -0.15) is 0 Å². The molecule has 1 N–H and O–H groups in total. The number of ketones is 1. The van der Waals surface area contributed by atoms with Gasteiger partial charge in [0.25, 0.3) is 5.91 Å². The molecule has 0 spiro atoms. The zero-order valence-corrected chi connectivity index (χ0v) is 14.1. The van der Waals surface area contributed by atoms with E-state index in [0.717, 1.165) is 17.0 Å². The van der Waals surface area contributed by atoms with Gasteiger partial charge in [-0.3, -0.25) is 19.5 Å². The van der Waals surface area contributed by atoms with E-state index in [1.807, 2.05) is 0 Å². The van der Waals surface area contributed by atoms with Crippen molar-refractivity contribution in [2.45, 2.75) is 19.9 Å². The summed E-state index contributed by atoms with van der Waals surface area (Å²) in [5.74, 6) is -4.36. The number of aliphatic hydroxyl groups is 1. The Balaban J connectivity index is 2.21. The summed E-state index contributed by atoms with van der Waals surface area (Å²) in [6.07, 6.45) is 2.94. The second-order valence-corrected chi connectivity index (χ2v) is 6.24. The molecule has 1 unspecified atom stereocenters. The number of Topliss-reactive ketones (excluding diaryl/α,β-unsaturated/α-hetero) is 1. The fraction of sp³-hybridized carbons (Fsp3) is 0.211. The Morgan fingerprint density at radius 3 is 2.58 bits per heavy atom. The van der Waals surface area contributed by atoms with E-state index in [0.29, 0.717) is 11.6 Å². The number of anilines is 1. The van der Waals surface area contributed by atoms with Crippen LogP contribution in [0.15, 0.2) is 54.1 Å². The van der Waals surface area contributed by atoms with Gasteiger partial charge in [-0.25, -0.2) is 8.78 Å². The zero-order chi connectivity index (χ0) is 19.0. The molecule has 2 aromatic rings. The molecule has 7 heteroatoms. The van der Waals surface area contributed by atoms with Crippen LogP contribution in [0, 0.1) is 17.6 Å². The number of aliphatic hydroxyl groups excluding tert-OH is 1. The number of nitrogens with zero attached hydrogens (tertiary/aromatic N) is 2. The molecule has 2 heterocycles. The summed E-state index contributed by atoms with van der Waals surface area (Å²) < 4.78 is 27.6. The molecule has 1 aliphatic heterocycles. The second kappa shape index (κ2) is 6.67. The summed E-state index contributed by atoms with van der Waals surface area (Å²) in [7, 11) is 0. The fourth-order valence-electron chi connectivity index (χ4n) is 2.95. The highest BCUT2D eigenvalue weighted by molar-refractivity contribution is 6.16. The molecule has 0 fully saturated rings. The second-order valence-electron chi connectivity index (χ2n) is 6.24. The number of pyridine rings is 1. The van der Waals surface area contributed by atoms with Crippen molar-refractivity contribution in [3.63, 3.8) is 0 Å². The van der Waals surface area contributed by atoms with Gasteiger partial charge in [-0.1, -0.05) is 19.9 Å². The van der Waals surface area contributed by atoms with Crippen LogP contribution in [-0.2, 0) is 9.59 Å². The highest BCUT2D eigenvalue weighted by Gasteiger charge is 2.45. The molecule has 1 amide bonds. The third kappa shape index (κ3) is 2.85. The van der Waals surface area contributed by atoms with Crippen LogP contribution in [0.5, 0.6) is 0 Å². The number of benzene rings is 1. The van der Waals surface area contributed by atoms with Gasteiger partial charge in [0.1, 0.15) is 11.6 Å². The SMILES string of the molecule is CC(C)C(=O)C1=C(O)C(=O)N(c2ccc(F)cc2F)C1c1cccnc1. The van der Waals surface area contributed by atoms with E-state index in [9.17, 15) is 23.5 Å². The molecule has 1 atom stereocenters. The highest BCUT2D eigenvalue weighted by Crippen LogP contribution is 2.42. The van der Waals surface area contributed by atoms with Crippen molar-refractivity contribution < 1.29 is 23.5 Å². The fourth-order valence-corrected chi connectivity index (χ4v) is 2.95. The summed E-state index contributed by atoms with van der Waals surface area (Å²) in [6, 6.07) is 4.92. The van der Waals surface area contributed by atoms with Gasteiger partial charge in [0.2, 0.25) is 0 Å². The minimum Gasteiger partial charge on any atom is -0.503 e. The Bertz CT molecular complexity index is 910. The minimum absolute atomic E-state index is 0.123. The van der Waals surface area contributed by atoms with Gasteiger partial charge in [0.05, 0.1) is 17.3 Å². The Kier molecular flexibility index (Phi) is 4.54. The van der Waals surface area contributed by atoms with Gasteiger partial charge in [-0.05, 0) is 23.8 Å². The molecule has 0 saturated carbocycles. The summed E-state index contributed by atoms with van der Waals surface area (Å²) in [5, 5.41) is 10.3. The molecule has 26 heavy (non-hydrogen) atoms. The maximum atomic E-state index is 14.3. The molecule has 1 aliphatic rings. The molecule has 3 rings (SSSR count). The van der Waals surface area contributed by atoms with Crippen LogP contribution in [0.2, 0.25) is 0 Å². The van der Waals surface area contributed by atoms with Crippen molar-refractivity contribution in [2.24, 2.45) is 5.92 Å². The van der Waals surface area contributed by atoms with Crippen LogP contribution >= 0.6 is 0 Å². The molecule has 1 aromatic heterocycles. The Morgan fingerprint density at radius 1 is 1.27 bits per heavy atom. The number of halogens is 2. The average molecular weight is 358 g/mol. The Labute approximate surface area is 148 Å². The van der Waals surface area contributed by atoms with Crippen LogP contribution in [0.3, 0.4) is 0 Å². The van der Waals surface area contributed by atoms with E-state index in [4.69, 9.17) is 0 Å². The largest absolute Gasteiger partial charge is 0.503 e. The molecule has 0 saturated heterocycles. The van der Waals surface area contributed by atoms with Crippen molar-refractivity contribution in [1.82, 2.24) is 4.98 Å². The molecular weight excluding hydrogens is 342 g/mol. The Morgan fingerprint density at radius 2 is 2.00 bits per heavy atom. The lowest BCUT2D eigenvalue weighted by Crippen LogP contribution is -2.32. The third-order valence-electron chi connectivity index (χ3n) is 4.17. The molecule has 1 aromatic carbocycles.